The largest absolute Gasteiger partial charge is 0.465 e. The molecular weight excluding hydrogens is 334 g/mol. The monoisotopic (exact) mass is 349 g/mol. The molecule has 4 nitrogen and oxygen atoms in total. The van der Waals surface area contributed by atoms with Crippen molar-refractivity contribution in [2.24, 2.45) is 0 Å². The van der Waals surface area contributed by atoms with Gasteiger partial charge in [-0.2, -0.15) is 0 Å². The quantitative estimate of drug-likeness (QED) is 0.629. The molecule has 0 bridgehead atoms. The van der Waals surface area contributed by atoms with Crippen molar-refractivity contribution in [1.82, 2.24) is 4.90 Å². The van der Waals surface area contributed by atoms with Crippen molar-refractivity contribution in [3.8, 4) is 0 Å². The first-order chi connectivity index (χ1) is 11.1. The fourth-order valence-electron chi connectivity index (χ4n) is 2.74. The highest BCUT2D eigenvalue weighted by molar-refractivity contribution is 7.17. The summed E-state index contributed by atoms with van der Waals surface area (Å²) >= 11 is 7.13. The number of carbonyl (C=O) groups excluding carboxylic acids is 2. The number of nitrogens with zero attached hydrogens (tertiary/aromatic N) is 1. The molecule has 0 unspecified atom stereocenters. The van der Waals surface area contributed by atoms with E-state index < -0.39 is 0 Å². The second-order valence-electron chi connectivity index (χ2n) is 5.30. The van der Waals surface area contributed by atoms with Gasteiger partial charge in [-0.1, -0.05) is 12.1 Å². The Morgan fingerprint density at radius 2 is 2.22 bits per heavy atom. The summed E-state index contributed by atoms with van der Waals surface area (Å²) in [5.41, 5.74) is 2.87. The van der Waals surface area contributed by atoms with Crippen LogP contribution in [-0.2, 0) is 9.53 Å². The number of rotatable bonds is 3. The lowest BCUT2D eigenvalue weighted by Crippen LogP contribution is -2.35. The van der Waals surface area contributed by atoms with Crippen molar-refractivity contribution in [3.63, 3.8) is 0 Å². The summed E-state index contributed by atoms with van der Waals surface area (Å²) in [6.45, 7) is 1.25. The summed E-state index contributed by atoms with van der Waals surface area (Å²) < 4.78 is 5.90. The number of carbonyl (C=O) groups is 2. The van der Waals surface area contributed by atoms with Crippen molar-refractivity contribution >= 4 is 50.5 Å². The van der Waals surface area contributed by atoms with Gasteiger partial charge in [-0.15, -0.1) is 22.9 Å². The van der Waals surface area contributed by atoms with E-state index in [-0.39, 0.29) is 17.8 Å². The van der Waals surface area contributed by atoms with E-state index in [2.05, 4.69) is 12.1 Å². The number of halogens is 1. The van der Waals surface area contributed by atoms with Gasteiger partial charge in [0.15, 0.2) is 0 Å². The Morgan fingerprint density at radius 1 is 1.39 bits per heavy atom. The molecule has 0 aliphatic carbocycles. The lowest BCUT2D eigenvalue weighted by atomic mass is 9.97. The molecule has 1 aromatic heterocycles. The molecule has 0 saturated heterocycles. The minimum atomic E-state index is -0.315. The number of benzene rings is 1. The van der Waals surface area contributed by atoms with Crippen LogP contribution >= 0.6 is 22.9 Å². The number of ether oxygens (including phenoxy) is 1. The van der Waals surface area contributed by atoms with E-state index in [1.54, 1.807) is 4.90 Å². The Morgan fingerprint density at radius 3 is 2.87 bits per heavy atom. The van der Waals surface area contributed by atoms with E-state index in [0.717, 1.165) is 22.1 Å². The summed E-state index contributed by atoms with van der Waals surface area (Å²) in [5.74, 6) is -0.333. The Balaban J connectivity index is 1.90. The van der Waals surface area contributed by atoms with Gasteiger partial charge in [0, 0.05) is 28.6 Å². The predicted octanol–water partition coefficient (Wildman–Crippen LogP) is 3.54. The van der Waals surface area contributed by atoms with Gasteiger partial charge in [0.1, 0.15) is 5.88 Å². The van der Waals surface area contributed by atoms with Crippen molar-refractivity contribution in [2.45, 2.75) is 6.42 Å². The highest BCUT2D eigenvalue weighted by Gasteiger charge is 2.18. The minimum absolute atomic E-state index is 0.0204. The molecule has 23 heavy (non-hydrogen) atoms. The first kappa shape index (κ1) is 16.0. The SMILES string of the molecule is COC(=O)c1csc2ccc(C3=CCN(C(=O)CCl)CC3)cc12. The molecule has 6 heteroatoms. The van der Waals surface area contributed by atoms with Crippen LogP contribution in [0.5, 0.6) is 0 Å². The normalized spacial score (nSPS) is 14.7. The van der Waals surface area contributed by atoms with Crippen molar-refractivity contribution in [2.75, 3.05) is 26.1 Å². The molecule has 0 radical (unpaired) electrons. The number of hydrogen-bond donors (Lipinski definition) is 0. The van der Waals surface area contributed by atoms with Gasteiger partial charge in [-0.05, 0) is 29.7 Å². The number of esters is 1. The van der Waals surface area contributed by atoms with Crippen LogP contribution in [0.1, 0.15) is 22.3 Å². The first-order valence-corrected chi connectivity index (χ1v) is 8.68. The van der Waals surface area contributed by atoms with Gasteiger partial charge in [-0.25, -0.2) is 4.79 Å². The molecule has 2 heterocycles. The maximum atomic E-state index is 11.8. The van der Waals surface area contributed by atoms with E-state index >= 15 is 0 Å². The van der Waals surface area contributed by atoms with E-state index in [1.165, 1.54) is 24.0 Å². The third-order valence-corrected chi connectivity index (χ3v) is 5.22. The Labute approximate surface area is 143 Å². The smallest absolute Gasteiger partial charge is 0.339 e. The molecular formula is C17H16ClNO3S. The summed E-state index contributed by atoms with van der Waals surface area (Å²) in [4.78, 5) is 25.2. The molecule has 0 atom stereocenters. The summed E-state index contributed by atoms with van der Waals surface area (Å²) in [7, 11) is 1.39. The molecule has 1 amide bonds. The summed E-state index contributed by atoms with van der Waals surface area (Å²) in [6.07, 6.45) is 2.84. The zero-order chi connectivity index (χ0) is 16.4. The molecule has 1 aliphatic rings. The van der Waals surface area contributed by atoms with E-state index in [9.17, 15) is 9.59 Å². The number of alkyl halides is 1. The zero-order valence-electron chi connectivity index (χ0n) is 12.7. The predicted molar refractivity (Wildman–Crippen MR) is 93.1 cm³/mol. The highest BCUT2D eigenvalue weighted by Crippen LogP contribution is 2.31. The van der Waals surface area contributed by atoms with Crippen LogP contribution in [0.3, 0.4) is 0 Å². The van der Waals surface area contributed by atoms with Gasteiger partial charge >= 0.3 is 5.97 Å². The standard InChI is InChI=1S/C17H16ClNO3S/c1-22-17(21)14-10-23-15-3-2-12(8-13(14)15)11-4-6-19(7-5-11)16(20)9-18/h2-4,8,10H,5-7,9H2,1H3. The van der Waals surface area contributed by atoms with Crippen LogP contribution in [0.4, 0.5) is 0 Å². The Bertz CT molecular complexity index is 796. The van der Waals surface area contributed by atoms with Crippen molar-refractivity contribution < 1.29 is 14.3 Å². The van der Waals surface area contributed by atoms with Gasteiger partial charge in [0.2, 0.25) is 5.91 Å². The second kappa shape index (κ2) is 6.72. The first-order valence-electron chi connectivity index (χ1n) is 7.26. The number of amides is 1. The molecule has 2 aromatic rings. The third kappa shape index (κ3) is 3.12. The van der Waals surface area contributed by atoms with Crippen LogP contribution in [-0.4, -0.2) is 42.9 Å². The van der Waals surface area contributed by atoms with Gasteiger partial charge in [0.25, 0.3) is 0 Å². The fourth-order valence-corrected chi connectivity index (χ4v) is 3.82. The molecule has 1 aromatic carbocycles. The molecule has 1 aliphatic heterocycles. The van der Waals surface area contributed by atoms with Gasteiger partial charge in [-0.3, -0.25) is 4.79 Å². The number of thiophene rings is 1. The lowest BCUT2D eigenvalue weighted by molar-refractivity contribution is -0.128. The average molecular weight is 350 g/mol. The average Bonchev–Trinajstić information content (AvgIpc) is 3.03. The van der Waals surface area contributed by atoms with Crippen LogP contribution in [0.2, 0.25) is 0 Å². The topological polar surface area (TPSA) is 46.6 Å². The second-order valence-corrected chi connectivity index (χ2v) is 6.48. The number of fused-ring (bicyclic) bond motifs is 1. The van der Waals surface area contributed by atoms with Crippen LogP contribution < -0.4 is 0 Å². The van der Waals surface area contributed by atoms with Gasteiger partial charge in [0.05, 0.1) is 12.7 Å². The maximum Gasteiger partial charge on any atom is 0.339 e. The van der Waals surface area contributed by atoms with E-state index in [0.29, 0.717) is 18.7 Å². The summed E-state index contributed by atoms with van der Waals surface area (Å²) in [5, 5.41) is 2.75. The minimum Gasteiger partial charge on any atom is -0.465 e. The molecule has 0 fully saturated rings. The maximum absolute atomic E-state index is 11.8. The van der Waals surface area contributed by atoms with Gasteiger partial charge < -0.3 is 9.64 Å². The van der Waals surface area contributed by atoms with E-state index in [1.807, 2.05) is 17.5 Å². The molecule has 0 spiro atoms. The Kier molecular flexibility index (Phi) is 4.68. The van der Waals surface area contributed by atoms with Crippen LogP contribution in [0.15, 0.2) is 29.7 Å². The zero-order valence-corrected chi connectivity index (χ0v) is 14.2. The van der Waals surface area contributed by atoms with Crippen LogP contribution in [0, 0.1) is 0 Å². The molecule has 3 rings (SSSR count). The summed E-state index contributed by atoms with van der Waals surface area (Å²) in [6, 6.07) is 6.12. The number of methoxy groups -OCH3 is 1. The van der Waals surface area contributed by atoms with Crippen molar-refractivity contribution in [1.29, 1.82) is 0 Å². The molecule has 120 valence electrons. The molecule has 0 N–H and O–H groups in total. The highest BCUT2D eigenvalue weighted by atomic mass is 35.5. The van der Waals surface area contributed by atoms with Crippen molar-refractivity contribution in [3.05, 3.63) is 40.8 Å². The van der Waals surface area contributed by atoms with E-state index in [4.69, 9.17) is 16.3 Å². The lowest BCUT2D eigenvalue weighted by Gasteiger charge is -2.26. The Hall–Kier alpha value is -1.85. The fraction of sp³-hybridized carbons (Fsp3) is 0.294. The van der Waals surface area contributed by atoms with Crippen LogP contribution in [0.25, 0.3) is 15.7 Å². The molecule has 0 saturated carbocycles. The third-order valence-electron chi connectivity index (χ3n) is 4.03. The number of hydrogen-bond acceptors (Lipinski definition) is 4.